The first-order chi connectivity index (χ1) is 7.34. The van der Waals surface area contributed by atoms with Crippen molar-refractivity contribution in [2.24, 2.45) is 5.92 Å². The van der Waals surface area contributed by atoms with E-state index in [2.05, 4.69) is 17.3 Å². The van der Waals surface area contributed by atoms with Gasteiger partial charge in [-0.1, -0.05) is 0 Å². The Labute approximate surface area is 93.2 Å². The Morgan fingerprint density at radius 1 is 1.27 bits per heavy atom. The second-order valence-corrected chi connectivity index (χ2v) is 5.07. The molecule has 0 amide bonds. The van der Waals surface area contributed by atoms with E-state index in [0.29, 0.717) is 6.10 Å². The van der Waals surface area contributed by atoms with Crippen LogP contribution in [-0.2, 0) is 4.74 Å². The molecule has 2 atom stereocenters. The number of piperidine rings is 1. The van der Waals surface area contributed by atoms with E-state index in [1.165, 1.54) is 45.3 Å². The van der Waals surface area contributed by atoms with E-state index in [9.17, 15) is 0 Å². The molecule has 0 radical (unpaired) electrons. The van der Waals surface area contributed by atoms with Crippen molar-refractivity contribution in [2.75, 3.05) is 39.8 Å². The number of ether oxygens (including phenoxy) is 1. The van der Waals surface area contributed by atoms with E-state index in [1.54, 1.807) is 0 Å². The van der Waals surface area contributed by atoms with Crippen molar-refractivity contribution in [2.45, 2.75) is 31.8 Å². The zero-order valence-corrected chi connectivity index (χ0v) is 9.87. The lowest BCUT2D eigenvalue weighted by atomic mass is 9.99. The maximum absolute atomic E-state index is 5.66. The minimum Gasteiger partial charge on any atom is -0.377 e. The van der Waals surface area contributed by atoms with Gasteiger partial charge in [0.15, 0.2) is 0 Å². The first kappa shape index (κ1) is 11.4. The number of hydrogen-bond acceptors (Lipinski definition) is 3. The summed E-state index contributed by atoms with van der Waals surface area (Å²) in [6.45, 7) is 5.74. The van der Waals surface area contributed by atoms with Crippen LogP contribution in [0.2, 0.25) is 0 Å². The van der Waals surface area contributed by atoms with Gasteiger partial charge in [-0.3, -0.25) is 0 Å². The van der Waals surface area contributed by atoms with Gasteiger partial charge in [-0.05, 0) is 51.7 Å². The highest BCUT2D eigenvalue weighted by Gasteiger charge is 2.20. The molecule has 0 aromatic heterocycles. The van der Waals surface area contributed by atoms with Gasteiger partial charge in [-0.15, -0.1) is 0 Å². The molecule has 0 bridgehead atoms. The van der Waals surface area contributed by atoms with Gasteiger partial charge in [0.1, 0.15) is 0 Å². The third-order valence-corrected chi connectivity index (χ3v) is 3.51. The Balaban J connectivity index is 1.64. The minimum absolute atomic E-state index is 0.506. The summed E-state index contributed by atoms with van der Waals surface area (Å²) in [5.74, 6) is 0.852. The van der Waals surface area contributed by atoms with Crippen molar-refractivity contribution < 1.29 is 4.74 Å². The second kappa shape index (κ2) is 5.83. The number of likely N-dealkylation sites (N-methyl/N-ethyl adjacent to an activating group) is 1. The minimum atomic E-state index is 0.506. The quantitative estimate of drug-likeness (QED) is 0.755. The largest absolute Gasteiger partial charge is 0.377 e. The molecule has 15 heavy (non-hydrogen) atoms. The van der Waals surface area contributed by atoms with Gasteiger partial charge in [0.2, 0.25) is 0 Å². The lowest BCUT2D eigenvalue weighted by molar-refractivity contribution is 0.0751. The summed E-state index contributed by atoms with van der Waals surface area (Å²) in [6, 6.07) is 0. The topological polar surface area (TPSA) is 24.5 Å². The van der Waals surface area contributed by atoms with Crippen molar-refractivity contribution in [3.8, 4) is 0 Å². The molecule has 2 heterocycles. The van der Waals surface area contributed by atoms with E-state index in [1.807, 2.05) is 0 Å². The van der Waals surface area contributed by atoms with Crippen molar-refractivity contribution in [1.29, 1.82) is 0 Å². The van der Waals surface area contributed by atoms with E-state index >= 15 is 0 Å². The number of nitrogens with one attached hydrogen (secondary N) is 1. The monoisotopic (exact) mass is 212 g/mol. The van der Waals surface area contributed by atoms with Gasteiger partial charge in [0, 0.05) is 19.7 Å². The van der Waals surface area contributed by atoms with E-state index in [4.69, 9.17) is 4.74 Å². The highest BCUT2D eigenvalue weighted by atomic mass is 16.5. The fraction of sp³-hybridized carbons (Fsp3) is 1.00. The molecule has 2 fully saturated rings. The number of hydrogen-bond donors (Lipinski definition) is 1. The van der Waals surface area contributed by atoms with E-state index in [-0.39, 0.29) is 0 Å². The molecular weight excluding hydrogens is 188 g/mol. The molecule has 2 aliphatic heterocycles. The molecule has 0 aliphatic carbocycles. The molecule has 2 rings (SSSR count). The molecule has 1 unspecified atom stereocenters. The molecular formula is C12H24N2O. The molecule has 3 nitrogen and oxygen atoms in total. The van der Waals surface area contributed by atoms with Crippen molar-refractivity contribution in [1.82, 2.24) is 10.2 Å². The molecule has 2 saturated heterocycles. The van der Waals surface area contributed by atoms with Crippen LogP contribution in [0.3, 0.4) is 0 Å². The summed E-state index contributed by atoms with van der Waals surface area (Å²) in [6.07, 6.45) is 5.75. The van der Waals surface area contributed by atoms with Gasteiger partial charge < -0.3 is 15.0 Å². The SMILES string of the molecule is CN(CC1CCCNC1)C[C@H]1CCCO1. The summed E-state index contributed by atoms with van der Waals surface area (Å²) >= 11 is 0. The van der Waals surface area contributed by atoms with Gasteiger partial charge >= 0.3 is 0 Å². The predicted molar refractivity (Wildman–Crippen MR) is 62.1 cm³/mol. The Bertz CT molecular complexity index is 174. The van der Waals surface area contributed by atoms with E-state index in [0.717, 1.165) is 19.1 Å². The Morgan fingerprint density at radius 3 is 2.87 bits per heavy atom. The Morgan fingerprint density at radius 2 is 2.20 bits per heavy atom. The maximum Gasteiger partial charge on any atom is 0.0702 e. The van der Waals surface area contributed by atoms with Crippen LogP contribution in [0, 0.1) is 5.92 Å². The fourth-order valence-corrected chi connectivity index (χ4v) is 2.73. The molecule has 88 valence electrons. The Kier molecular flexibility index (Phi) is 4.42. The molecule has 2 aliphatic rings. The smallest absolute Gasteiger partial charge is 0.0702 e. The normalized spacial score (nSPS) is 32.4. The molecule has 3 heteroatoms. The van der Waals surface area contributed by atoms with Gasteiger partial charge in [0.25, 0.3) is 0 Å². The average molecular weight is 212 g/mol. The molecule has 0 aromatic carbocycles. The average Bonchev–Trinajstić information content (AvgIpc) is 2.71. The van der Waals surface area contributed by atoms with Crippen LogP contribution >= 0.6 is 0 Å². The zero-order valence-electron chi connectivity index (χ0n) is 9.87. The molecule has 0 spiro atoms. The van der Waals surface area contributed by atoms with Crippen molar-refractivity contribution in [3.05, 3.63) is 0 Å². The van der Waals surface area contributed by atoms with Crippen molar-refractivity contribution in [3.63, 3.8) is 0 Å². The van der Waals surface area contributed by atoms with Gasteiger partial charge in [-0.25, -0.2) is 0 Å². The maximum atomic E-state index is 5.66. The summed E-state index contributed by atoms with van der Waals surface area (Å²) < 4.78 is 5.66. The highest BCUT2D eigenvalue weighted by Crippen LogP contribution is 2.15. The van der Waals surface area contributed by atoms with Crippen LogP contribution in [0.15, 0.2) is 0 Å². The van der Waals surface area contributed by atoms with Crippen LogP contribution < -0.4 is 5.32 Å². The third-order valence-electron chi connectivity index (χ3n) is 3.51. The van der Waals surface area contributed by atoms with Gasteiger partial charge in [0.05, 0.1) is 6.10 Å². The van der Waals surface area contributed by atoms with Crippen LogP contribution in [0.4, 0.5) is 0 Å². The summed E-state index contributed by atoms with van der Waals surface area (Å²) in [5, 5.41) is 3.48. The summed E-state index contributed by atoms with van der Waals surface area (Å²) in [5.41, 5.74) is 0. The lowest BCUT2D eigenvalue weighted by Gasteiger charge is -2.28. The standard InChI is InChI=1S/C12H24N2O/c1-14(10-12-5-3-7-15-12)9-11-4-2-6-13-8-11/h11-13H,2-10H2,1H3/t11?,12-/m1/s1. The number of rotatable bonds is 4. The van der Waals surface area contributed by atoms with E-state index < -0.39 is 0 Å². The van der Waals surface area contributed by atoms with Crippen LogP contribution in [0.25, 0.3) is 0 Å². The second-order valence-electron chi connectivity index (χ2n) is 5.07. The fourth-order valence-electron chi connectivity index (χ4n) is 2.73. The third kappa shape index (κ3) is 3.74. The van der Waals surface area contributed by atoms with Crippen molar-refractivity contribution >= 4 is 0 Å². The zero-order chi connectivity index (χ0) is 10.5. The molecule has 1 N–H and O–H groups in total. The predicted octanol–water partition coefficient (Wildman–Crippen LogP) is 1.10. The van der Waals surface area contributed by atoms with Crippen LogP contribution in [0.5, 0.6) is 0 Å². The van der Waals surface area contributed by atoms with Crippen LogP contribution in [-0.4, -0.2) is 50.8 Å². The Hall–Kier alpha value is -0.120. The summed E-state index contributed by atoms with van der Waals surface area (Å²) in [4.78, 5) is 2.45. The molecule has 0 saturated carbocycles. The van der Waals surface area contributed by atoms with Crippen LogP contribution in [0.1, 0.15) is 25.7 Å². The lowest BCUT2D eigenvalue weighted by Crippen LogP contribution is -2.39. The number of nitrogens with zero attached hydrogens (tertiary/aromatic N) is 1. The van der Waals surface area contributed by atoms with Gasteiger partial charge in [-0.2, -0.15) is 0 Å². The molecule has 0 aromatic rings. The highest BCUT2D eigenvalue weighted by molar-refractivity contribution is 4.74. The summed E-state index contributed by atoms with van der Waals surface area (Å²) in [7, 11) is 2.23. The first-order valence-electron chi connectivity index (χ1n) is 6.35. The first-order valence-corrected chi connectivity index (χ1v) is 6.35.